The molecule has 1 aliphatic carbocycles. The number of hydrogen-bond acceptors (Lipinski definition) is 4. The van der Waals surface area contributed by atoms with Gasteiger partial charge in [-0.3, -0.25) is 0 Å². The summed E-state index contributed by atoms with van der Waals surface area (Å²) in [7, 11) is -1.27. The summed E-state index contributed by atoms with van der Waals surface area (Å²) in [6, 6.07) is 0.473. The van der Waals surface area contributed by atoms with Crippen molar-refractivity contribution < 1.29 is 13.2 Å². The van der Waals surface area contributed by atoms with Crippen molar-refractivity contribution in [3.8, 4) is 0 Å². The van der Waals surface area contributed by atoms with Gasteiger partial charge in [0.05, 0.1) is 12.4 Å². The number of nitrogens with zero attached hydrogens (tertiary/aromatic N) is 1. The van der Waals surface area contributed by atoms with E-state index in [4.69, 9.17) is 4.74 Å². The summed E-state index contributed by atoms with van der Waals surface area (Å²) in [5.41, 5.74) is 0.167. The van der Waals surface area contributed by atoms with E-state index in [2.05, 4.69) is 19.2 Å². The Balaban J connectivity index is 1.80. The number of ether oxygens (including phenoxy) is 1. The van der Waals surface area contributed by atoms with E-state index >= 15 is 0 Å². The van der Waals surface area contributed by atoms with Crippen LogP contribution in [0.2, 0.25) is 0 Å². The molecule has 5 nitrogen and oxygen atoms in total. The van der Waals surface area contributed by atoms with E-state index < -0.39 is 10.0 Å². The Hall–Kier alpha value is -0.170. The molecule has 20 heavy (non-hydrogen) atoms. The van der Waals surface area contributed by atoms with Crippen LogP contribution in [0.4, 0.5) is 0 Å². The first kappa shape index (κ1) is 16.2. The van der Waals surface area contributed by atoms with Crippen molar-refractivity contribution in [2.45, 2.75) is 45.3 Å². The highest BCUT2D eigenvalue weighted by Gasteiger charge is 2.48. The van der Waals surface area contributed by atoms with Crippen LogP contribution in [0.15, 0.2) is 0 Å². The van der Waals surface area contributed by atoms with Crippen LogP contribution in [0, 0.1) is 11.3 Å². The third-order valence-electron chi connectivity index (χ3n) is 5.07. The van der Waals surface area contributed by atoms with Gasteiger partial charge in [0.25, 0.3) is 0 Å². The fourth-order valence-electron chi connectivity index (χ4n) is 3.44. The largest absolute Gasteiger partial charge is 0.381 e. The topological polar surface area (TPSA) is 58.6 Å². The van der Waals surface area contributed by atoms with Crippen molar-refractivity contribution in [2.24, 2.45) is 11.3 Å². The summed E-state index contributed by atoms with van der Waals surface area (Å²) >= 11 is 0. The predicted octanol–water partition coefficient (Wildman–Crippen LogP) is 1.06. The van der Waals surface area contributed by atoms with Gasteiger partial charge in [-0.25, -0.2) is 12.7 Å². The summed E-state index contributed by atoms with van der Waals surface area (Å²) in [6.45, 7) is 6.69. The Bertz CT molecular complexity index is 436. The average Bonchev–Trinajstić information content (AvgIpc) is 2.37. The molecule has 0 aromatic rings. The molecule has 3 atom stereocenters. The number of methoxy groups -OCH3 is 1. The molecule has 118 valence electrons. The Morgan fingerprint density at radius 1 is 1.40 bits per heavy atom. The fraction of sp³-hybridized carbons (Fsp3) is 1.00. The van der Waals surface area contributed by atoms with Crippen LogP contribution in [0.5, 0.6) is 0 Å². The van der Waals surface area contributed by atoms with E-state index in [1.54, 1.807) is 11.4 Å². The highest BCUT2D eigenvalue weighted by atomic mass is 32.2. The molecule has 2 aliphatic rings. The third-order valence-corrected chi connectivity index (χ3v) is 6.34. The minimum Gasteiger partial charge on any atom is -0.381 e. The first-order valence-electron chi connectivity index (χ1n) is 7.46. The quantitative estimate of drug-likeness (QED) is 0.825. The first-order valence-corrected chi connectivity index (χ1v) is 9.31. The van der Waals surface area contributed by atoms with Crippen LogP contribution >= 0.6 is 0 Å². The minimum atomic E-state index is -3.04. The zero-order valence-corrected chi connectivity index (χ0v) is 13.9. The van der Waals surface area contributed by atoms with Crippen LogP contribution in [0.1, 0.15) is 33.1 Å². The summed E-state index contributed by atoms with van der Waals surface area (Å²) in [5.74, 6) is 0.427. The molecule has 0 amide bonds. The number of sulfonamides is 1. The van der Waals surface area contributed by atoms with Gasteiger partial charge in [0.2, 0.25) is 10.0 Å². The molecule has 2 rings (SSSR count). The van der Waals surface area contributed by atoms with Gasteiger partial charge >= 0.3 is 0 Å². The lowest BCUT2D eigenvalue weighted by Crippen LogP contribution is -2.61. The van der Waals surface area contributed by atoms with E-state index in [-0.39, 0.29) is 5.41 Å². The summed E-state index contributed by atoms with van der Waals surface area (Å²) < 4.78 is 30.3. The van der Waals surface area contributed by atoms with Crippen molar-refractivity contribution in [1.82, 2.24) is 9.62 Å². The average molecular weight is 304 g/mol. The first-order chi connectivity index (χ1) is 9.25. The van der Waals surface area contributed by atoms with Crippen molar-refractivity contribution in [3.05, 3.63) is 0 Å². The van der Waals surface area contributed by atoms with Crippen LogP contribution in [0.3, 0.4) is 0 Å². The van der Waals surface area contributed by atoms with Gasteiger partial charge in [-0.05, 0) is 31.7 Å². The van der Waals surface area contributed by atoms with Crippen LogP contribution in [-0.4, -0.2) is 57.9 Å². The van der Waals surface area contributed by atoms with Crippen LogP contribution < -0.4 is 5.32 Å². The smallest absolute Gasteiger partial charge is 0.211 e. The van der Waals surface area contributed by atoms with Gasteiger partial charge in [0, 0.05) is 31.7 Å². The molecule has 6 heteroatoms. The maximum Gasteiger partial charge on any atom is 0.211 e. The van der Waals surface area contributed by atoms with Crippen molar-refractivity contribution in [3.63, 3.8) is 0 Å². The van der Waals surface area contributed by atoms with E-state index in [1.165, 1.54) is 6.26 Å². The Kier molecular flexibility index (Phi) is 4.79. The second kappa shape index (κ2) is 5.91. The summed E-state index contributed by atoms with van der Waals surface area (Å²) in [6.07, 6.45) is 4.76. The molecule has 3 unspecified atom stereocenters. The molecule has 2 fully saturated rings. The van der Waals surface area contributed by atoms with Crippen molar-refractivity contribution >= 4 is 10.0 Å². The number of hydrogen-bond donors (Lipinski definition) is 1. The van der Waals surface area contributed by atoms with Gasteiger partial charge in [-0.2, -0.15) is 0 Å². The molecule has 0 radical (unpaired) electrons. The zero-order chi connectivity index (χ0) is 15.0. The molecule has 1 saturated carbocycles. The predicted molar refractivity (Wildman–Crippen MR) is 80.1 cm³/mol. The van der Waals surface area contributed by atoms with E-state index in [1.807, 2.05) is 0 Å². The number of nitrogens with one attached hydrogen (secondary N) is 1. The zero-order valence-electron chi connectivity index (χ0n) is 13.1. The van der Waals surface area contributed by atoms with Crippen molar-refractivity contribution in [1.29, 1.82) is 0 Å². The highest BCUT2D eigenvalue weighted by molar-refractivity contribution is 7.88. The number of rotatable bonds is 5. The summed E-state index contributed by atoms with van der Waals surface area (Å²) in [4.78, 5) is 0. The van der Waals surface area contributed by atoms with Crippen molar-refractivity contribution in [2.75, 3.05) is 33.0 Å². The van der Waals surface area contributed by atoms with Crippen LogP contribution in [0.25, 0.3) is 0 Å². The lowest BCUT2D eigenvalue weighted by atomic mass is 9.64. The van der Waals surface area contributed by atoms with Crippen LogP contribution in [-0.2, 0) is 14.8 Å². The normalized spacial score (nSPS) is 34.7. The van der Waals surface area contributed by atoms with E-state index in [0.29, 0.717) is 31.2 Å². The second-order valence-electron chi connectivity index (χ2n) is 6.87. The maximum absolute atomic E-state index is 11.6. The Morgan fingerprint density at radius 2 is 2.10 bits per heavy atom. The maximum atomic E-state index is 11.6. The molecule has 0 bridgehead atoms. The second-order valence-corrected chi connectivity index (χ2v) is 8.85. The number of piperidine rings is 1. The SMILES string of the molecule is COC1CC(NCC2CCCN(S(C)(=O)=O)C2)C1(C)C. The molecular formula is C14H28N2O3S. The Labute approximate surface area is 123 Å². The molecule has 0 aromatic carbocycles. The molecule has 1 N–H and O–H groups in total. The van der Waals surface area contributed by atoms with E-state index in [0.717, 1.165) is 25.8 Å². The fourth-order valence-corrected chi connectivity index (χ4v) is 4.38. The van der Waals surface area contributed by atoms with Gasteiger partial charge in [0.15, 0.2) is 0 Å². The highest BCUT2D eigenvalue weighted by Crippen LogP contribution is 2.42. The van der Waals surface area contributed by atoms with Gasteiger partial charge < -0.3 is 10.1 Å². The molecule has 1 heterocycles. The monoisotopic (exact) mass is 304 g/mol. The molecule has 1 aliphatic heterocycles. The molecular weight excluding hydrogens is 276 g/mol. The summed E-state index contributed by atoms with van der Waals surface area (Å²) in [5, 5.41) is 3.61. The molecule has 1 saturated heterocycles. The lowest BCUT2D eigenvalue weighted by molar-refractivity contribution is -0.0983. The third kappa shape index (κ3) is 3.35. The lowest BCUT2D eigenvalue weighted by Gasteiger charge is -2.52. The molecule has 0 aromatic heterocycles. The molecule has 0 spiro atoms. The minimum absolute atomic E-state index is 0.167. The van der Waals surface area contributed by atoms with Gasteiger partial charge in [-0.15, -0.1) is 0 Å². The van der Waals surface area contributed by atoms with E-state index in [9.17, 15) is 8.42 Å². The van der Waals surface area contributed by atoms with Gasteiger partial charge in [0.1, 0.15) is 0 Å². The standard InChI is InChI=1S/C14H28N2O3S/c1-14(2)12(8-13(14)19-3)15-9-11-6-5-7-16(10-11)20(4,17)18/h11-13,15H,5-10H2,1-4H3. The van der Waals surface area contributed by atoms with Gasteiger partial charge in [-0.1, -0.05) is 13.8 Å². The Morgan fingerprint density at radius 3 is 2.65 bits per heavy atom.